The molecule has 0 aliphatic rings. The summed E-state index contributed by atoms with van der Waals surface area (Å²) in [5, 5.41) is 9.42. The summed E-state index contributed by atoms with van der Waals surface area (Å²) in [5.74, 6) is 8.56. The van der Waals surface area contributed by atoms with Crippen LogP contribution in [-0.2, 0) is 17.1 Å². The Bertz CT molecular complexity index is 746. The summed E-state index contributed by atoms with van der Waals surface area (Å²) < 4.78 is 0. The molecule has 0 fully saturated rings. The van der Waals surface area contributed by atoms with Crippen LogP contribution >= 0.6 is 0 Å². The molecule has 0 unspecified atom stereocenters. The van der Waals surface area contributed by atoms with Crippen LogP contribution in [0.15, 0.2) is 72.8 Å². The van der Waals surface area contributed by atoms with Crippen LogP contribution < -0.4 is 0 Å². The number of phenolic OH excluding ortho intramolecular Hbond substituents is 1. The summed E-state index contributed by atoms with van der Waals surface area (Å²) in [5.41, 5.74) is 2.30. The van der Waals surface area contributed by atoms with Crippen molar-refractivity contribution in [1.29, 1.82) is 0 Å². The second-order valence-corrected chi connectivity index (χ2v) is 4.30. The molecule has 108 valence electrons. The Labute approximate surface area is 141 Å². The molecule has 0 atom stereocenters. The normalized spacial score (nSPS) is 8.32. The third-order valence-electron chi connectivity index (χ3n) is 2.65. The summed E-state index contributed by atoms with van der Waals surface area (Å²) in [4.78, 5) is 0. The van der Waals surface area contributed by atoms with Gasteiger partial charge in [-0.3, -0.25) is 0 Å². The minimum absolute atomic E-state index is 0. The Morgan fingerprint density at radius 3 is 2.18 bits per heavy atom. The van der Waals surface area contributed by atoms with Gasteiger partial charge < -0.3 is 5.11 Å². The van der Waals surface area contributed by atoms with Gasteiger partial charge in [0.1, 0.15) is 5.75 Å². The van der Waals surface area contributed by atoms with Crippen LogP contribution in [0.4, 0.5) is 0 Å². The van der Waals surface area contributed by atoms with E-state index >= 15 is 0 Å². The minimum atomic E-state index is 0. The molecule has 3 aromatic rings. The molecule has 0 saturated heterocycles. The van der Waals surface area contributed by atoms with Crippen LogP contribution in [-0.4, -0.2) is 5.11 Å². The van der Waals surface area contributed by atoms with Crippen molar-refractivity contribution < 1.29 is 22.2 Å². The van der Waals surface area contributed by atoms with Crippen molar-refractivity contribution in [3.8, 4) is 29.9 Å². The zero-order chi connectivity index (χ0) is 14.9. The van der Waals surface area contributed by atoms with E-state index in [-0.39, 0.29) is 22.8 Å². The summed E-state index contributed by atoms with van der Waals surface area (Å²) >= 11 is 0. The van der Waals surface area contributed by atoms with E-state index in [9.17, 15) is 5.11 Å². The Balaban J connectivity index is 0.000000344. The molecule has 3 rings (SSSR count). The SMILES string of the molecule is C#Cc1cc(O)cc(C#Cc2ccc[cH-]2)c1.[Fe+2].c1cc[cH-]c1. The zero-order valence-corrected chi connectivity index (χ0v) is 12.9. The van der Waals surface area contributed by atoms with Crippen LogP contribution in [0, 0.1) is 24.2 Å². The quantitative estimate of drug-likeness (QED) is 0.377. The molecular formula is C20H14FeO. The molecule has 2 heteroatoms. The van der Waals surface area contributed by atoms with Gasteiger partial charge in [-0.15, -0.1) is 24.0 Å². The monoisotopic (exact) mass is 326 g/mol. The van der Waals surface area contributed by atoms with Gasteiger partial charge in [0.05, 0.1) is 0 Å². The number of terminal acetylenes is 1. The van der Waals surface area contributed by atoms with Crippen molar-refractivity contribution in [2.45, 2.75) is 0 Å². The van der Waals surface area contributed by atoms with Gasteiger partial charge in [0.2, 0.25) is 0 Å². The van der Waals surface area contributed by atoms with Crippen molar-refractivity contribution in [1.82, 2.24) is 0 Å². The molecule has 0 radical (unpaired) electrons. The maximum Gasteiger partial charge on any atom is 2.00 e. The minimum Gasteiger partial charge on any atom is -0.508 e. The van der Waals surface area contributed by atoms with Crippen molar-refractivity contribution in [3.05, 3.63) is 89.5 Å². The van der Waals surface area contributed by atoms with Crippen molar-refractivity contribution in [3.63, 3.8) is 0 Å². The third-order valence-corrected chi connectivity index (χ3v) is 2.65. The molecule has 22 heavy (non-hydrogen) atoms. The molecular weight excluding hydrogens is 312 g/mol. The average Bonchev–Trinajstić information content (AvgIpc) is 3.20. The molecule has 0 aliphatic heterocycles. The zero-order valence-electron chi connectivity index (χ0n) is 11.8. The van der Waals surface area contributed by atoms with Gasteiger partial charge in [-0.05, 0) is 18.2 Å². The van der Waals surface area contributed by atoms with Gasteiger partial charge in [-0.1, -0.05) is 5.92 Å². The van der Waals surface area contributed by atoms with E-state index in [0.29, 0.717) is 11.1 Å². The number of phenols is 1. The average molecular weight is 326 g/mol. The number of hydrogen-bond acceptors (Lipinski definition) is 1. The van der Waals surface area contributed by atoms with E-state index in [1.54, 1.807) is 12.1 Å². The fourth-order valence-electron chi connectivity index (χ4n) is 1.69. The number of aromatic hydroxyl groups is 1. The van der Waals surface area contributed by atoms with E-state index < -0.39 is 0 Å². The molecule has 0 bridgehead atoms. The van der Waals surface area contributed by atoms with E-state index in [2.05, 4.69) is 17.8 Å². The van der Waals surface area contributed by atoms with Gasteiger partial charge in [-0.2, -0.15) is 42.3 Å². The first-order chi connectivity index (χ1) is 10.3. The Kier molecular flexibility index (Phi) is 7.38. The first-order valence-corrected chi connectivity index (χ1v) is 6.49. The maximum atomic E-state index is 9.42. The van der Waals surface area contributed by atoms with Gasteiger partial charge in [0.25, 0.3) is 0 Å². The summed E-state index contributed by atoms with van der Waals surface area (Å²) in [6.45, 7) is 0. The van der Waals surface area contributed by atoms with E-state index in [0.717, 1.165) is 5.56 Å². The van der Waals surface area contributed by atoms with Crippen LogP contribution in [0.25, 0.3) is 0 Å². The molecule has 0 saturated carbocycles. The van der Waals surface area contributed by atoms with Crippen LogP contribution in [0.3, 0.4) is 0 Å². The van der Waals surface area contributed by atoms with Gasteiger partial charge in [0.15, 0.2) is 0 Å². The number of hydrogen-bond donors (Lipinski definition) is 1. The van der Waals surface area contributed by atoms with Crippen LogP contribution in [0.1, 0.15) is 16.7 Å². The smallest absolute Gasteiger partial charge is 0.508 e. The van der Waals surface area contributed by atoms with E-state index in [1.807, 2.05) is 54.6 Å². The second kappa shape index (κ2) is 9.32. The molecule has 1 nitrogen and oxygen atoms in total. The molecule has 0 amide bonds. The molecule has 0 aliphatic carbocycles. The first kappa shape index (κ1) is 17.4. The largest absolute Gasteiger partial charge is 2.00 e. The van der Waals surface area contributed by atoms with Gasteiger partial charge >= 0.3 is 17.1 Å². The van der Waals surface area contributed by atoms with Gasteiger partial charge in [0, 0.05) is 11.1 Å². The fourth-order valence-corrected chi connectivity index (χ4v) is 1.69. The topological polar surface area (TPSA) is 20.2 Å². The van der Waals surface area contributed by atoms with Crippen molar-refractivity contribution in [2.75, 3.05) is 0 Å². The summed E-state index contributed by atoms with van der Waals surface area (Å²) in [7, 11) is 0. The molecule has 1 N–H and O–H groups in total. The Morgan fingerprint density at radius 1 is 0.909 bits per heavy atom. The Morgan fingerprint density at radius 2 is 1.64 bits per heavy atom. The van der Waals surface area contributed by atoms with E-state index in [4.69, 9.17) is 6.42 Å². The standard InChI is InChI=1S/C15H9O.C5H5.Fe/c1-2-12-9-14(11-15(16)10-12)8-7-13-5-3-4-6-13;1-2-4-5-3-1;/h1,3-6,9-11,16H;1-5H;/q2*-1;+2. The maximum absolute atomic E-state index is 9.42. The number of rotatable bonds is 0. The first-order valence-electron chi connectivity index (χ1n) is 6.49. The Hall–Kier alpha value is -2.64. The predicted octanol–water partition coefficient (Wildman–Crippen LogP) is 3.90. The summed E-state index contributed by atoms with van der Waals surface area (Å²) in [6, 6.07) is 22.6. The van der Waals surface area contributed by atoms with Crippen molar-refractivity contribution in [2.24, 2.45) is 0 Å². The number of benzene rings is 1. The molecule has 0 spiro atoms. The second-order valence-electron chi connectivity index (χ2n) is 4.30. The molecule has 3 aromatic carbocycles. The summed E-state index contributed by atoms with van der Waals surface area (Å²) in [6.07, 6.45) is 5.27. The fraction of sp³-hybridized carbons (Fsp3) is 0. The molecule has 0 heterocycles. The third kappa shape index (κ3) is 5.78. The van der Waals surface area contributed by atoms with Crippen LogP contribution in [0.2, 0.25) is 0 Å². The van der Waals surface area contributed by atoms with Crippen LogP contribution in [0.5, 0.6) is 5.75 Å². The van der Waals surface area contributed by atoms with E-state index in [1.165, 1.54) is 6.07 Å². The van der Waals surface area contributed by atoms with Gasteiger partial charge in [-0.25, -0.2) is 12.1 Å². The molecule has 0 aromatic heterocycles. The van der Waals surface area contributed by atoms with Crippen molar-refractivity contribution >= 4 is 0 Å². The predicted molar refractivity (Wildman–Crippen MR) is 86.1 cm³/mol.